The van der Waals surface area contributed by atoms with Crippen LogP contribution >= 0.6 is 0 Å². The van der Waals surface area contributed by atoms with Crippen LogP contribution in [0, 0.1) is 5.82 Å². The Morgan fingerprint density at radius 2 is 1.83 bits per heavy atom. The Morgan fingerprint density at radius 3 is 2.52 bits per heavy atom. The van der Waals surface area contributed by atoms with Gasteiger partial charge in [0.2, 0.25) is 0 Å². The van der Waals surface area contributed by atoms with E-state index in [1.807, 2.05) is 0 Å². The molecule has 1 heterocycles. The second-order valence-corrected chi connectivity index (χ2v) is 6.18. The summed E-state index contributed by atoms with van der Waals surface area (Å²) in [6, 6.07) is 12.5. The SMILES string of the molecule is COc1ccc(NC(=O)N(C)CCc2noc(COc3ccc(F)cc3)n2)cc1. The highest BCUT2D eigenvalue weighted by Crippen LogP contribution is 2.15. The van der Waals surface area contributed by atoms with Crippen LogP contribution in [0.15, 0.2) is 53.1 Å². The van der Waals surface area contributed by atoms with Crippen LogP contribution in [0.1, 0.15) is 11.7 Å². The lowest BCUT2D eigenvalue weighted by atomic mass is 10.3. The molecule has 1 aromatic heterocycles. The molecule has 29 heavy (non-hydrogen) atoms. The van der Waals surface area contributed by atoms with E-state index in [9.17, 15) is 9.18 Å². The number of ether oxygens (including phenoxy) is 2. The molecule has 0 saturated heterocycles. The average molecular weight is 400 g/mol. The molecule has 0 aliphatic carbocycles. The number of hydrogen-bond acceptors (Lipinski definition) is 6. The third-order valence-corrected chi connectivity index (χ3v) is 4.04. The molecule has 3 rings (SSSR count). The summed E-state index contributed by atoms with van der Waals surface area (Å²) in [5, 5.41) is 6.68. The molecule has 0 atom stereocenters. The average Bonchev–Trinajstić information content (AvgIpc) is 3.20. The predicted molar refractivity (Wildman–Crippen MR) is 103 cm³/mol. The van der Waals surface area contributed by atoms with Gasteiger partial charge in [-0.3, -0.25) is 0 Å². The molecule has 0 spiro atoms. The fourth-order valence-corrected chi connectivity index (χ4v) is 2.39. The molecule has 0 bridgehead atoms. The first-order chi connectivity index (χ1) is 14.0. The largest absolute Gasteiger partial charge is 0.497 e. The second kappa shape index (κ2) is 9.54. The molecule has 152 valence electrons. The summed E-state index contributed by atoms with van der Waals surface area (Å²) in [6.45, 7) is 0.478. The van der Waals surface area contributed by atoms with Gasteiger partial charge in [0.05, 0.1) is 7.11 Å². The van der Waals surface area contributed by atoms with Crippen molar-refractivity contribution in [2.24, 2.45) is 0 Å². The number of carbonyl (C=O) groups excluding carboxylic acids is 1. The van der Waals surface area contributed by atoms with Gasteiger partial charge in [0.1, 0.15) is 17.3 Å². The highest BCUT2D eigenvalue weighted by molar-refractivity contribution is 5.89. The Labute approximate surface area is 167 Å². The van der Waals surface area contributed by atoms with Crippen LogP contribution in [0.5, 0.6) is 11.5 Å². The van der Waals surface area contributed by atoms with Crippen molar-refractivity contribution in [3.63, 3.8) is 0 Å². The molecular formula is C20H21FN4O4. The third kappa shape index (κ3) is 5.93. The Balaban J connectivity index is 1.44. The molecule has 0 unspecified atom stereocenters. The molecule has 0 saturated carbocycles. The Bertz CT molecular complexity index is 928. The van der Waals surface area contributed by atoms with E-state index >= 15 is 0 Å². The number of hydrogen-bond donors (Lipinski definition) is 1. The van der Waals surface area contributed by atoms with Crippen LogP contribution in [-0.2, 0) is 13.0 Å². The molecule has 0 radical (unpaired) electrons. The summed E-state index contributed by atoms with van der Waals surface area (Å²) in [7, 11) is 3.26. The minimum absolute atomic E-state index is 0.0758. The molecule has 1 N–H and O–H groups in total. The van der Waals surface area contributed by atoms with Crippen molar-refractivity contribution in [1.29, 1.82) is 0 Å². The molecule has 2 aromatic carbocycles. The third-order valence-electron chi connectivity index (χ3n) is 4.04. The monoisotopic (exact) mass is 400 g/mol. The highest BCUT2D eigenvalue weighted by atomic mass is 19.1. The maximum absolute atomic E-state index is 12.9. The topological polar surface area (TPSA) is 89.7 Å². The van der Waals surface area contributed by atoms with E-state index in [0.29, 0.717) is 41.9 Å². The van der Waals surface area contributed by atoms with Gasteiger partial charge in [0.15, 0.2) is 12.4 Å². The van der Waals surface area contributed by atoms with Gasteiger partial charge in [-0.2, -0.15) is 4.98 Å². The van der Waals surface area contributed by atoms with Crippen molar-refractivity contribution in [3.8, 4) is 11.5 Å². The van der Waals surface area contributed by atoms with Gasteiger partial charge in [-0.15, -0.1) is 0 Å². The summed E-state index contributed by atoms with van der Waals surface area (Å²) in [5.74, 6) is 1.65. The van der Waals surface area contributed by atoms with Crippen molar-refractivity contribution in [2.75, 3.05) is 26.0 Å². The van der Waals surface area contributed by atoms with Crippen molar-refractivity contribution >= 4 is 11.7 Å². The van der Waals surface area contributed by atoms with E-state index in [4.69, 9.17) is 14.0 Å². The van der Waals surface area contributed by atoms with E-state index in [1.165, 1.54) is 29.2 Å². The van der Waals surface area contributed by atoms with Crippen LogP contribution in [0.3, 0.4) is 0 Å². The van der Waals surface area contributed by atoms with Gasteiger partial charge >= 0.3 is 6.03 Å². The number of aromatic nitrogens is 2. The molecule has 0 fully saturated rings. The zero-order valence-corrected chi connectivity index (χ0v) is 16.1. The van der Waals surface area contributed by atoms with Crippen LogP contribution in [0.2, 0.25) is 0 Å². The molecule has 8 nitrogen and oxygen atoms in total. The van der Waals surface area contributed by atoms with E-state index < -0.39 is 0 Å². The van der Waals surface area contributed by atoms with E-state index in [1.54, 1.807) is 38.4 Å². The zero-order valence-electron chi connectivity index (χ0n) is 16.1. The molecule has 0 aliphatic rings. The summed E-state index contributed by atoms with van der Waals surface area (Å²) in [6.07, 6.45) is 0.423. The number of carbonyl (C=O) groups is 1. The number of nitrogens with one attached hydrogen (secondary N) is 1. The van der Waals surface area contributed by atoms with Crippen molar-refractivity contribution < 1.29 is 23.2 Å². The lowest BCUT2D eigenvalue weighted by Crippen LogP contribution is -2.33. The number of urea groups is 1. The Morgan fingerprint density at radius 1 is 1.14 bits per heavy atom. The number of methoxy groups -OCH3 is 1. The minimum Gasteiger partial charge on any atom is -0.497 e. The van der Waals surface area contributed by atoms with Crippen LogP contribution in [0.4, 0.5) is 14.9 Å². The number of amides is 2. The van der Waals surface area contributed by atoms with E-state index in [2.05, 4.69) is 15.5 Å². The number of halogens is 1. The molecular weight excluding hydrogens is 379 g/mol. The van der Waals surface area contributed by atoms with Crippen molar-refractivity contribution in [2.45, 2.75) is 13.0 Å². The molecule has 3 aromatic rings. The standard InChI is InChI=1S/C20H21FN4O4/c1-25(20(26)22-15-5-9-16(27-2)10-6-15)12-11-18-23-19(29-24-18)13-28-17-7-3-14(21)4-8-17/h3-10H,11-13H2,1-2H3,(H,22,26). The van der Waals surface area contributed by atoms with E-state index in [-0.39, 0.29) is 18.5 Å². The van der Waals surface area contributed by atoms with Crippen LogP contribution in [-0.4, -0.2) is 41.8 Å². The van der Waals surface area contributed by atoms with Crippen LogP contribution in [0.25, 0.3) is 0 Å². The number of rotatable bonds is 8. The summed E-state index contributed by atoms with van der Waals surface area (Å²) < 4.78 is 28.6. The maximum atomic E-state index is 12.9. The predicted octanol–water partition coefficient (Wildman–Crippen LogP) is 3.50. The normalized spacial score (nSPS) is 10.4. The summed E-state index contributed by atoms with van der Waals surface area (Å²) in [4.78, 5) is 18.0. The quantitative estimate of drug-likeness (QED) is 0.622. The second-order valence-electron chi connectivity index (χ2n) is 6.18. The molecule has 2 amide bonds. The van der Waals surface area contributed by atoms with Gasteiger partial charge in [0.25, 0.3) is 5.89 Å². The van der Waals surface area contributed by atoms with Gasteiger partial charge in [-0.1, -0.05) is 5.16 Å². The first-order valence-electron chi connectivity index (χ1n) is 8.89. The first-order valence-corrected chi connectivity index (χ1v) is 8.89. The smallest absolute Gasteiger partial charge is 0.321 e. The minimum atomic E-state index is -0.336. The molecule has 0 aliphatic heterocycles. The molecule has 9 heteroatoms. The lowest BCUT2D eigenvalue weighted by Gasteiger charge is -2.17. The number of nitrogens with zero attached hydrogens (tertiary/aromatic N) is 3. The first kappa shape index (κ1) is 20.1. The lowest BCUT2D eigenvalue weighted by molar-refractivity contribution is 0.222. The maximum Gasteiger partial charge on any atom is 0.321 e. The van der Waals surface area contributed by atoms with Gasteiger partial charge < -0.3 is 24.2 Å². The number of likely N-dealkylation sites (N-methyl/N-ethyl adjacent to an activating group) is 1. The zero-order chi connectivity index (χ0) is 20.6. The number of anilines is 1. The van der Waals surface area contributed by atoms with E-state index in [0.717, 1.165) is 0 Å². The van der Waals surface area contributed by atoms with Gasteiger partial charge in [-0.25, -0.2) is 9.18 Å². The highest BCUT2D eigenvalue weighted by Gasteiger charge is 2.12. The number of benzene rings is 2. The van der Waals surface area contributed by atoms with Crippen molar-refractivity contribution in [3.05, 3.63) is 66.1 Å². The van der Waals surface area contributed by atoms with Gasteiger partial charge in [-0.05, 0) is 48.5 Å². The van der Waals surface area contributed by atoms with Crippen molar-refractivity contribution in [1.82, 2.24) is 15.0 Å². The summed E-state index contributed by atoms with van der Waals surface area (Å²) in [5.41, 5.74) is 0.669. The fourth-order valence-electron chi connectivity index (χ4n) is 2.39. The Kier molecular flexibility index (Phi) is 6.62. The van der Waals surface area contributed by atoms with Crippen LogP contribution < -0.4 is 14.8 Å². The fraction of sp³-hybridized carbons (Fsp3) is 0.250. The van der Waals surface area contributed by atoms with Gasteiger partial charge in [0, 0.05) is 25.7 Å². The summed E-state index contributed by atoms with van der Waals surface area (Å²) >= 11 is 0. The Hall–Kier alpha value is -3.62.